The molecule has 0 aromatic heterocycles. The number of esters is 1. The smallest absolute Gasteiger partial charge is 0.344 e. The zero-order valence-electron chi connectivity index (χ0n) is 13.8. The second-order valence-corrected chi connectivity index (χ2v) is 4.98. The third-order valence-corrected chi connectivity index (χ3v) is 3.14. The minimum Gasteiger partial charge on any atom is -0.497 e. The molecule has 0 aliphatic heterocycles. The summed E-state index contributed by atoms with van der Waals surface area (Å²) in [6.45, 7) is -0.887. The number of nitro benzene ring substituents is 1. The largest absolute Gasteiger partial charge is 0.497 e. The Morgan fingerprint density at radius 1 is 1.00 bits per heavy atom. The number of methoxy groups -OCH3 is 1. The molecule has 9 heteroatoms. The van der Waals surface area contributed by atoms with Crippen molar-refractivity contribution in [3.63, 3.8) is 0 Å². The first kappa shape index (κ1) is 18.7. The first-order valence-electron chi connectivity index (χ1n) is 7.44. The van der Waals surface area contributed by atoms with Crippen molar-refractivity contribution >= 4 is 23.3 Å². The van der Waals surface area contributed by atoms with Crippen molar-refractivity contribution in [2.45, 2.75) is 0 Å². The highest BCUT2D eigenvalue weighted by atomic mass is 16.6. The maximum absolute atomic E-state index is 11.7. The lowest BCUT2D eigenvalue weighted by Gasteiger charge is -2.08. The number of benzene rings is 2. The molecule has 0 saturated carbocycles. The molecule has 136 valence electrons. The lowest BCUT2D eigenvalue weighted by Crippen LogP contribution is -2.23. The van der Waals surface area contributed by atoms with E-state index in [-0.39, 0.29) is 11.4 Å². The summed E-state index contributed by atoms with van der Waals surface area (Å²) in [5.74, 6) is -0.319. The third kappa shape index (κ3) is 5.78. The van der Waals surface area contributed by atoms with Crippen molar-refractivity contribution in [2.75, 3.05) is 25.6 Å². The van der Waals surface area contributed by atoms with Gasteiger partial charge in [0.05, 0.1) is 12.0 Å². The molecule has 1 N–H and O–H groups in total. The van der Waals surface area contributed by atoms with E-state index in [9.17, 15) is 19.7 Å². The van der Waals surface area contributed by atoms with Gasteiger partial charge in [-0.1, -0.05) is 0 Å². The Kier molecular flexibility index (Phi) is 6.49. The van der Waals surface area contributed by atoms with Crippen LogP contribution in [0.2, 0.25) is 0 Å². The summed E-state index contributed by atoms with van der Waals surface area (Å²) >= 11 is 0. The van der Waals surface area contributed by atoms with Crippen LogP contribution in [0.1, 0.15) is 0 Å². The van der Waals surface area contributed by atoms with Crippen LogP contribution in [0.3, 0.4) is 0 Å². The average Bonchev–Trinajstić information content (AvgIpc) is 2.65. The summed E-state index contributed by atoms with van der Waals surface area (Å²) in [5, 5.41) is 13.1. The van der Waals surface area contributed by atoms with E-state index in [0.717, 1.165) is 0 Å². The number of anilines is 1. The molecule has 0 unspecified atom stereocenters. The third-order valence-electron chi connectivity index (χ3n) is 3.14. The van der Waals surface area contributed by atoms with E-state index in [2.05, 4.69) is 5.32 Å². The van der Waals surface area contributed by atoms with Crippen LogP contribution in [0.4, 0.5) is 11.4 Å². The molecule has 0 aliphatic carbocycles. The lowest BCUT2D eigenvalue weighted by molar-refractivity contribution is -0.384. The van der Waals surface area contributed by atoms with Gasteiger partial charge >= 0.3 is 5.97 Å². The highest BCUT2D eigenvalue weighted by molar-refractivity contribution is 5.92. The van der Waals surface area contributed by atoms with Crippen LogP contribution in [0.15, 0.2) is 48.5 Å². The van der Waals surface area contributed by atoms with Crippen molar-refractivity contribution in [3.05, 3.63) is 58.6 Å². The highest BCUT2D eigenvalue weighted by Crippen LogP contribution is 2.17. The summed E-state index contributed by atoms with van der Waals surface area (Å²) in [7, 11) is 1.53. The minimum absolute atomic E-state index is 0.0878. The fourth-order valence-electron chi connectivity index (χ4n) is 1.87. The molecule has 0 radical (unpaired) electrons. The quantitative estimate of drug-likeness (QED) is 0.435. The fourth-order valence-corrected chi connectivity index (χ4v) is 1.87. The Morgan fingerprint density at radius 2 is 1.62 bits per heavy atom. The molecule has 26 heavy (non-hydrogen) atoms. The number of carbonyl (C=O) groups excluding carboxylic acids is 2. The molecule has 0 fully saturated rings. The zero-order chi connectivity index (χ0) is 18.9. The lowest BCUT2D eigenvalue weighted by atomic mass is 10.3. The van der Waals surface area contributed by atoms with Gasteiger partial charge in [-0.05, 0) is 36.4 Å². The number of nitrogens with zero attached hydrogens (tertiary/aromatic N) is 1. The maximum Gasteiger partial charge on any atom is 0.344 e. The van der Waals surface area contributed by atoms with E-state index in [1.165, 1.54) is 31.4 Å². The van der Waals surface area contributed by atoms with Gasteiger partial charge in [0.15, 0.2) is 13.2 Å². The van der Waals surface area contributed by atoms with Crippen LogP contribution < -0.4 is 14.8 Å². The van der Waals surface area contributed by atoms with Gasteiger partial charge in [0.1, 0.15) is 11.5 Å². The summed E-state index contributed by atoms with van der Waals surface area (Å²) in [5.41, 5.74) is 0.448. The van der Waals surface area contributed by atoms with Crippen molar-refractivity contribution in [2.24, 2.45) is 0 Å². The van der Waals surface area contributed by atoms with Crippen LogP contribution in [0.5, 0.6) is 11.5 Å². The van der Waals surface area contributed by atoms with E-state index in [0.29, 0.717) is 11.4 Å². The predicted octanol–water partition coefficient (Wildman–Crippen LogP) is 2.16. The molecule has 0 atom stereocenters. The van der Waals surface area contributed by atoms with E-state index in [1.807, 2.05) is 0 Å². The molecule has 0 aliphatic rings. The fraction of sp³-hybridized carbons (Fsp3) is 0.176. The van der Waals surface area contributed by atoms with Gasteiger partial charge in [0, 0.05) is 17.8 Å². The molecule has 9 nitrogen and oxygen atoms in total. The van der Waals surface area contributed by atoms with Crippen LogP contribution in [-0.4, -0.2) is 37.1 Å². The number of nitrogens with one attached hydrogen (secondary N) is 1. The highest BCUT2D eigenvalue weighted by Gasteiger charge is 2.10. The van der Waals surface area contributed by atoms with Crippen LogP contribution in [0.25, 0.3) is 0 Å². The first-order chi connectivity index (χ1) is 12.5. The number of ether oxygens (including phenoxy) is 3. The molecular formula is C17H16N2O7. The number of non-ortho nitro benzene ring substituents is 1. The summed E-state index contributed by atoms with van der Waals surface area (Å²) < 4.78 is 14.9. The van der Waals surface area contributed by atoms with Crippen LogP contribution in [-0.2, 0) is 14.3 Å². The van der Waals surface area contributed by atoms with E-state index >= 15 is 0 Å². The van der Waals surface area contributed by atoms with Gasteiger partial charge < -0.3 is 19.5 Å². The molecule has 0 saturated heterocycles. The average molecular weight is 360 g/mol. The van der Waals surface area contributed by atoms with Gasteiger partial charge in [-0.2, -0.15) is 0 Å². The zero-order valence-corrected chi connectivity index (χ0v) is 13.8. The Balaban J connectivity index is 1.71. The first-order valence-corrected chi connectivity index (χ1v) is 7.44. The number of carbonyl (C=O) groups is 2. The topological polar surface area (TPSA) is 117 Å². The van der Waals surface area contributed by atoms with Gasteiger partial charge in [0.2, 0.25) is 0 Å². The molecule has 0 bridgehead atoms. The Hall–Kier alpha value is -3.62. The Morgan fingerprint density at radius 3 is 2.19 bits per heavy atom. The monoisotopic (exact) mass is 360 g/mol. The molecular weight excluding hydrogens is 344 g/mol. The van der Waals surface area contributed by atoms with Crippen molar-refractivity contribution in [1.82, 2.24) is 0 Å². The van der Waals surface area contributed by atoms with E-state index in [1.54, 1.807) is 24.3 Å². The van der Waals surface area contributed by atoms with Gasteiger partial charge in [-0.3, -0.25) is 14.9 Å². The Labute approximate surface area is 148 Å². The Bertz CT molecular complexity index is 773. The molecule has 0 spiro atoms. The second kappa shape index (κ2) is 9.02. The van der Waals surface area contributed by atoms with Crippen molar-refractivity contribution in [3.8, 4) is 11.5 Å². The van der Waals surface area contributed by atoms with Crippen molar-refractivity contribution < 1.29 is 28.7 Å². The number of rotatable bonds is 8. The summed E-state index contributed by atoms with van der Waals surface area (Å²) in [6, 6.07) is 11.9. The molecule has 2 aromatic carbocycles. The predicted molar refractivity (Wildman–Crippen MR) is 91.2 cm³/mol. The van der Waals surface area contributed by atoms with Gasteiger partial charge in [-0.25, -0.2) is 4.79 Å². The maximum atomic E-state index is 11.7. The second-order valence-electron chi connectivity index (χ2n) is 4.98. The van der Waals surface area contributed by atoms with Crippen molar-refractivity contribution in [1.29, 1.82) is 0 Å². The van der Waals surface area contributed by atoms with Gasteiger partial charge in [-0.15, -0.1) is 0 Å². The number of amides is 1. The normalized spacial score (nSPS) is 9.88. The van der Waals surface area contributed by atoms with Gasteiger partial charge in [0.25, 0.3) is 11.6 Å². The molecule has 2 aromatic rings. The molecule has 2 rings (SSSR count). The SMILES string of the molecule is COc1ccc(NC(=O)COC(=O)COc2ccc([N+](=O)[O-])cc2)cc1. The molecule has 1 amide bonds. The number of hydrogen-bond donors (Lipinski definition) is 1. The summed E-state index contributed by atoms with van der Waals surface area (Å²) in [4.78, 5) is 33.3. The number of nitro groups is 1. The van der Waals surface area contributed by atoms with Crippen LogP contribution >= 0.6 is 0 Å². The number of hydrogen-bond acceptors (Lipinski definition) is 7. The minimum atomic E-state index is -0.742. The van der Waals surface area contributed by atoms with Crippen LogP contribution in [0, 0.1) is 10.1 Å². The summed E-state index contributed by atoms with van der Waals surface area (Å²) in [6.07, 6.45) is 0. The van der Waals surface area contributed by atoms with E-state index in [4.69, 9.17) is 14.2 Å². The molecule has 0 heterocycles. The standard InChI is InChI=1S/C17H16N2O7/c1-24-14-6-2-12(3-7-14)18-16(20)10-26-17(21)11-25-15-8-4-13(5-9-15)19(22)23/h2-9H,10-11H2,1H3,(H,18,20). The van der Waals surface area contributed by atoms with E-state index < -0.39 is 30.0 Å².